The molecule has 3 aromatic rings. The Morgan fingerprint density at radius 3 is 1.86 bits per heavy atom. The van der Waals surface area contributed by atoms with Crippen LogP contribution in [-0.4, -0.2) is 54.4 Å². The van der Waals surface area contributed by atoms with Crippen LogP contribution in [0.25, 0.3) is 11.1 Å². The molecule has 1 atom stereocenters. The molecule has 0 bridgehead atoms. The van der Waals surface area contributed by atoms with Gasteiger partial charge in [0.15, 0.2) is 0 Å². The first kappa shape index (κ1) is 35.6. The molecular weight excluding hydrogens is 643 g/mol. The zero-order valence-electron chi connectivity index (χ0n) is 31.5. The molecule has 3 aliphatic heterocycles. The Labute approximate surface area is 297 Å². The van der Waals surface area contributed by atoms with E-state index in [4.69, 9.17) is 23.1 Å². The van der Waals surface area contributed by atoms with Gasteiger partial charge in [-0.05, 0) is 110 Å². The highest BCUT2D eigenvalue weighted by Gasteiger charge is 2.41. The van der Waals surface area contributed by atoms with Crippen LogP contribution in [-0.2, 0) is 0 Å². The largest absolute Gasteiger partial charge is 0.543 e. The standard InChI is InChI=1S/C41H57NO5Si2/c1-40(2,3)48(7,8)46-31-18-20-35-36(27-31)44-25-21-34-33-19-17-32(47-49(9,10)41(4,5)6)28-37(33)45-39(38(34)35)29-13-15-30(16-14-29)43-26-24-42-22-11-12-23-42/h13-20,27-28,39H,11-12,21-26H2,1-10H3/t39-/m1/s1. The van der Waals surface area contributed by atoms with Crippen molar-refractivity contribution in [2.24, 2.45) is 0 Å². The van der Waals surface area contributed by atoms with E-state index in [0.29, 0.717) is 13.2 Å². The molecule has 0 aliphatic carbocycles. The molecule has 3 aliphatic rings. The maximum absolute atomic E-state index is 7.03. The van der Waals surface area contributed by atoms with Gasteiger partial charge in [0.05, 0.1) is 6.61 Å². The fourth-order valence-electron chi connectivity index (χ4n) is 6.31. The van der Waals surface area contributed by atoms with Crippen LogP contribution in [0.4, 0.5) is 0 Å². The van der Waals surface area contributed by atoms with Gasteiger partial charge in [-0.15, -0.1) is 0 Å². The number of likely N-dealkylation sites (tertiary alicyclic amines) is 1. The van der Waals surface area contributed by atoms with E-state index in [1.807, 2.05) is 0 Å². The van der Waals surface area contributed by atoms with Crippen molar-refractivity contribution in [1.29, 1.82) is 0 Å². The van der Waals surface area contributed by atoms with E-state index in [1.54, 1.807) is 0 Å². The van der Waals surface area contributed by atoms with Crippen LogP contribution in [0.15, 0.2) is 60.7 Å². The highest BCUT2D eigenvalue weighted by Crippen LogP contribution is 2.53. The smallest absolute Gasteiger partial charge is 0.250 e. The van der Waals surface area contributed by atoms with Crippen LogP contribution in [0, 0.1) is 0 Å². The summed E-state index contributed by atoms with van der Waals surface area (Å²) in [6.07, 6.45) is 3.03. The lowest BCUT2D eigenvalue weighted by Gasteiger charge is -2.37. The molecule has 8 heteroatoms. The van der Waals surface area contributed by atoms with Gasteiger partial charge >= 0.3 is 0 Å². The van der Waals surface area contributed by atoms with Crippen molar-refractivity contribution >= 4 is 27.8 Å². The van der Waals surface area contributed by atoms with E-state index in [-0.39, 0.29) is 16.2 Å². The number of benzene rings is 3. The normalized spacial score (nSPS) is 18.4. The van der Waals surface area contributed by atoms with Crippen molar-refractivity contribution in [1.82, 2.24) is 4.90 Å². The quantitative estimate of drug-likeness (QED) is 0.207. The summed E-state index contributed by atoms with van der Waals surface area (Å²) < 4.78 is 33.2. The average molecular weight is 700 g/mol. The lowest BCUT2D eigenvalue weighted by Crippen LogP contribution is -2.43. The maximum Gasteiger partial charge on any atom is 0.250 e. The predicted molar refractivity (Wildman–Crippen MR) is 206 cm³/mol. The Bertz CT molecular complexity index is 1680. The average Bonchev–Trinajstić information content (AvgIpc) is 3.46. The van der Waals surface area contributed by atoms with Crippen LogP contribution in [0.2, 0.25) is 36.3 Å². The minimum absolute atomic E-state index is 0.0930. The number of fused-ring (bicyclic) bond motifs is 4. The Morgan fingerprint density at radius 2 is 1.27 bits per heavy atom. The van der Waals surface area contributed by atoms with Crippen molar-refractivity contribution in [3.8, 4) is 28.7 Å². The summed E-state index contributed by atoms with van der Waals surface area (Å²) in [6, 6.07) is 21.2. The molecule has 0 radical (unpaired) electrons. The molecule has 1 saturated heterocycles. The third-order valence-corrected chi connectivity index (χ3v) is 20.1. The molecule has 0 N–H and O–H groups in total. The molecule has 3 aromatic carbocycles. The monoisotopic (exact) mass is 699 g/mol. The number of rotatable bonds is 9. The zero-order chi connectivity index (χ0) is 35.2. The van der Waals surface area contributed by atoms with Gasteiger partial charge in [0.2, 0.25) is 16.6 Å². The fraction of sp³-hybridized carbons (Fsp3) is 0.512. The van der Waals surface area contributed by atoms with E-state index < -0.39 is 16.6 Å². The molecule has 264 valence electrons. The minimum Gasteiger partial charge on any atom is -0.543 e. The van der Waals surface area contributed by atoms with Crippen LogP contribution >= 0.6 is 0 Å². The van der Waals surface area contributed by atoms with Gasteiger partial charge < -0.3 is 23.1 Å². The molecule has 0 amide bonds. The summed E-state index contributed by atoms with van der Waals surface area (Å²) in [5, 5.41) is 0.190. The summed E-state index contributed by atoms with van der Waals surface area (Å²) in [7, 11) is -4.06. The highest BCUT2D eigenvalue weighted by atomic mass is 28.4. The number of hydrogen-bond acceptors (Lipinski definition) is 6. The lowest BCUT2D eigenvalue weighted by molar-refractivity contribution is 0.237. The van der Waals surface area contributed by atoms with Gasteiger partial charge in [-0.25, -0.2) is 0 Å². The second kappa shape index (κ2) is 13.5. The molecular formula is C41H57NO5Si2. The Hall–Kier alpha value is -3.21. The molecule has 0 unspecified atom stereocenters. The summed E-state index contributed by atoms with van der Waals surface area (Å²) >= 11 is 0. The summed E-state index contributed by atoms with van der Waals surface area (Å²) in [5.74, 6) is 4.32. The SMILES string of the molecule is CC(C)(C)[Si](C)(C)Oc1ccc2c(c1)O[C@H](c1ccc(OCCN3CCCC3)cc1)C1=C2CCOc2cc(O[Si](C)(C)C(C)(C)C)ccc21. The molecule has 0 spiro atoms. The molecule has 49 heavy (non-hydrogen) atoms. The third kappa shape index (κ3) is 7.61. The fourth-order valence-corrected chi connectivity index (χ4v) is 8.36. The second-order valence-corrected chi connectivity index (χ2v) is 26.4. The molecule has 0 aromatic heterocycles. The summed E-state index contributed by atoms with van der Waals surface area (Å²) in [4.78, 5) is 2.48. The minimum atomic E-state index is -2.04. The first-order valence-corrected chi connectivity index (χ1v) is 24.0. The molecule has 3 heterocycles. The Kier molecular flexibility index (Phi) is 9.81. The molecule has 1 fully saturated rings. The van der Waals surface area contributed by atoms with Crippen molar-refractivity contribution in [2.45, 2.75) is 103 Å². The van der Waals surface area contributed by atoms with Crippen molar-refractivity contribution in [3.63, 3.8) is 0 Å². The van der Waals surface area contributed by atoms with Gasteiger partial charge in [-0.1, -0.05) is 53.7 Å². The number of hydrogen-bond donors (Lipinski definition) is 0. The summed E-state index contributed by atoms with van der Waals surface area (Å²) in [5.41, 5.74) is 5.65. The molecule has 6 nitrogen and oxygen atoms in total. The topological polar surface area (TPSA) is 49.4 Å². The number of ether oxygens (including phenoxy) is 3. The first-order chi connectivity index (χ1) is 23.0. The third-order valence-electron chi connectivity index (χ3n) is 11.4. The predicted octanol–water partition coefficient (Wildman–Crippen LogP) is 10.8. The highest BCUT2D eigenvalue weighted by molar-refractivity contribution is 6.75. The van der Waals surface area contributed by atoms with Crippen molar-refractivity contribution in [3.05, 3.63) is 77.4 Å². The maximum atomic E-state index is 7.03. The summed E-state index contributed by atoms with van der Waals surface area (Å²) in [6.45, 7) is 27.4. The van der Waals surface area contributed by atoms with Crippen LogP contribution in [0.1, 0.15) is 83.6 Å². The van der Waals surface area contributed by atoms with Gasteiger partial charge in [0.1, 0.15) is 41.5 Å². The first-order valence-electron chi connectivity index (χ1n) is 18.2. The van der Waals surface area contributed by atoms with Gasteiger partial charge in [-0.2, -0.15) is 0 Å². The van der Waals surface area contributed by atoms with Crippen molar-refractivity contribution in [2.75, 3.05) is 32.8 Å². The van der Waals surface area contributed by atoms with Crippen LogP contribution in [0.5, 0.6) is 28.7 Å². The lowest BCUT2D eigenvalue weighted by atomic mass is 9.84. The van der Waals surface area contributed by atoms with E-state index in [2.05, 4.69) is 133 Å². The zero-order valence-corrected chi connectivity index (χ0v) is 33.5. The van der Waals surface area contributed by atoms with E-state index >= 15 is 0 Å². The Balaban J connectivity index is 1.37. The molecule has 6 rings (SSSR count). The Morgan fingerprint density at radius 1 is 0.714 bits per heavy atom. The van der Waals surface area contributed by atoms with Crippen LogP contribution < -0.4 is 23.1 Å². The van der Waals surface area contributed by atoms with Crippen molar-refractivity contribution < 1.29 is 23.1 Å². The molecule has 0 saturated carbocycles. The van der Waals surface area contributed by atoms with E-state index in [9.17, 15) is 0 Å². The second-order valence-electron chi connectivity index (χ2n) is 17.0. The van der Waals surface area contributed by atoms with Gasteiger partial charge in [-0.3, -0.25) is 4.90 Å². The van der Waals surface area contributed by atoms with Gasteiger partial charge in [0.25, 0.3) is 0 Å². The number of nitrogens with zero attached hydrogens (tertiary/aromatic N) is 1. The van der Waals surface area contributed by atoms with E-state index in [1.165, 1.54) is 31.5 Å². The van der Waals surface area contributed by atoms with E-state index in [0.717, 1.165) is 64.0 Å². The van der Waals surface area contributed by atoms with Gasteiger partial charge in [0, 0.05) is 41.8 Å². The van der Waals surface area contributed by atoms with Crippen LogP contribution in [0.3, 0.4) is 0 Å².